The summed E-state index contributed by atoms with van der Waals surface area (Å²) < 4.78 is 8.91. The number of aliphatic carboxylic acids is 1. The fraction of sp³-hybridized carbons (Fsp3) is 0.156. The zero-order chi connectivity index (χ0) is 31.3. The monoisotopic (exact) mass is 566 g/mol. The number of amidine groups is 1. The molecule has 0 spiro atoms. The van der Waals surface area contributed by atoms with Gasteiger partial charge in [0.1, 0.15) is 24.5 Å². The molecular formula is C32H31N5O5. The van der Waals surface area contributed by atoms with Crippen LogP contribution in [0.2, 0.25) is 1.41 Å². The van der Waals surface area contributed by atoms with Crippen molar-refractivity contribution in [3.63, 3.8) is 0 Å². The SMILES string of the molecule is [2H]N(C(=O)c1cccc(C(=N)N)c1)[C@@H](C(=O)N(c1ccc2ccccc2c1)[C@@H](C)C(=O)N(C)CC(=O)O)c1ccccc1. The second kappa shape index (κ2) is 12.8. The first-order valence-electron chi connectivity index (χ1n) is 13.5. The van der Waals surface area contributed by atoms with E-state index in [1.807, 2.05) is 24.3 Å². The van der Waals surface area contributed by atoms with Gasteiger partial charge in [-0.1, -0.05) is 72.8 Å². The molecule has 0 bridgehead atoms. The number of fused-ring (bicyclic) bond motifs is 1. The van der Waals surface area contributed by atoms with Gasteiger partial charge in [-0.2, -0.15) is 0 Å². The molecule has 0 saturated carbocycles. The summed E-state index contributed by atoms with van der Waals surface area (Å²) in [6.45, 7) is 0.892. The molecule has 0 fully saturated rings. The topological polar surface area (TPSA) is 157 Å². The predicted molar refractivity (Wildman–Crippen MR) is 160 cm³/mol. The molecule has 0 saturated heterocycles. The lowest BCUT2D eigenvalue weighted by Gasteiger charge is -2.34. The fourth-order valence-corrected chi connectivity index (χ4v) is 4.63. The van der Waals surface area contributed by atoms with Crippen LogP contribution in [-0.2, 0) is 14.4 Å². The highest BCUT2D eigenvalue weighted by molar-refractivity contribution is 6.07. The van der Waals surface area contributed by atoms with Gasteiger partial charge in [-0.25, -0.2) is 0 Å². The highest BCUT2D eigenvalue weighted by Gasteiger charge is 2.36. The summed E-state index contributed by atoms with van der Waals surface area (Å²) in [4.78, 5) is 55.2. The van der Waals surface area contributed by atoms with Gasteiger partial charge in [0, 0.05) is 23.9 Å². The number of nitrogens with one attached hydrogen (secondary N) is 2. The number of carbonyl (C=O) groups is 4. The molecule has 3 amide bonds. The molecule has 2 atom stereocenters. The van der Waals surface area contributed by atoms with E-state index in [1.165, 1.54) is 37.1 Å². The molecule has 0 heterocycles. The number of hydrogen-bond acceptors (Lipinski definition) is 5. The summed E-state index contributed by atoms with van der Waals surface area (Å²) in [5, 5.41) is 19.2. The Morgan fingerprint density at radius 3 is 2.19 bits per heavy atom. The number of nitrogens with zero attached hydrogens (tertiary/aromatic N) is 2. The third kappa shape index (κ3) is 6.61. The van der Waals surface area contributed by atoms with Crippen molar-refractivity contribution in [1.82, 2.24) is 10.2 Å². The van der Waals surface area contributed by atoms with Crippen LogP contribution in [0.15, 0.2) is 97.1 Å². The lowest BCUT2D eigenvalue weighted by molar-refractivity contribution is -0.144. The smallest absolute Gasteiger partial charge is 0.323 e. The molecule has 4 rings (SSSR count). The molecule has 0 aliphatic heterocycles. The maximum absolute atomic E-state index is 14.6. The summed E-state index contributed by atoms with van der Waals surface area (Å²) in [5.41, 5.74) is 6.56. The lowest BCUT2D eigenvalue weighted by atomic mass is 10.0. The number of amides is 3. The Labute approximate surface area is 244 Å². The van der Waals surface area contributed by atoms with E-state index in [9.17, 15) is 24.3 Å². The minimum absolute atomic E-state index is 0.0407. The molecule has 10 heteroatoms. The number of carbonyl (C=O) groups excluding carboxylic acids is 3. The third-order valence-electron chi connectivity index (χ3n) is 6.76. The molecule has 10 nitrogen and oxygen atoms in total. The van der Waals surface area contributed by atoms with E-state index in [-0.39, 0.29) is 17.0 Å². The van der Waals surface area contributed by atoms with Gasteiger partial charge in [-0.3, -0.25) is 29.5 Å². The van der Waals surface area contributed by atoms with Crippen molar-refractivity contribution in [1.29, 1.82) is 5.41 Å². The number of nitrogens with two attached hydrogens (primary N) is 1. The van der Waals surface area contributed by atoms with Crippen LogP contribution in [0.1, 0.15) is 34.5 Å². The minimum Gasteiger partial charge on any atom is -0.480 e. The maximum atomic E-state index is 14.6. The maximum Gasteiger partial charge on any atom is 0.323 e. The number of hydrogen-bond donors (Lipinski definition) is 4. The van der Waals surface area contributed by atoms with Gasteiger partial charge in [-0.05, 0) is 47.5 Å². The van der Waals surface area contributed by atoms with Crippen LogP contribution >= 0.6 is 0 Å². The number of likely N-dealkylation sites (N-methyl/N-ethyl adjacent to an activating group) is 1. The van der Waals surface area contributed by atoms with Gasteiger partial charge in [0.15, 0.2) is 1.41 Å². The van der Waals surface area contributed by atoms with Crippen LogP contribution in [0.3, 0.4) is 0 Å². The normalized spacial score (nSPS) is 12.5. The first-order valence-corrected chi connectivity index (χ1v) is 13.1. The average molecular weight is 567 g/mol. The lowest BCUT2D eigenvalue weighted by Crippen LogP contribution is -2.53. The standard InChI is InChI=1S/C32H31N5O5/c1-20(31(41)36(2)19-27(38)39)37(26-16-15-21-9-6-7-12-23(21)18-26)32(42)28(22-10-4-3-5-11-22)35-30(40)25-14-8-13-24(17-25)29(33)34/h3-18,20,28H,19H2,1-2H3,(H3,33,34)(H,35,40)(H,38,39)/t20-,28+/m0/s1/i/hD. The summed E-state index contributed by atoms with van der Waals surface area (Å²) in [7, 11) is 1.33. The Bertz CT molecular complexity index is 1700. The Morgan fingerprint density at radius 1 is 0.881 bits per heavy atom. The van der Waals surface area contributed by atoms with Crippen molar-refractivity contribution in [2.24, 2.45) is 5.73 Å². The molecule has 0 unspecified atom stereocenters. The molecule has 4 aromatic carbocycles. The van der Waals surface area contributed by atoms with Crippen LogP contribution in [0.5, 0.6) is 0 Å². The zero-order valence-corrected chi connectivity index (χ0v) is 23.1. The van der Waals surface area contributed by atoms with E-state index in [0.29, 0.717) is 16.6 Å². The molecule has 0 aliphatic carbocycles. The van der Waals surface area contributed by atoms with Crippen LogP contribution in [0.25, 0.3) is 10.8 Å². The van der Waals surface area contributed by atoms with Crippen molar-refractivity contribution >= 4 is 46.0 Å². The Kier molecular flexibility index (Phi) is 8.53. The molecule has 42 heavy (non-hydrogen) atoms. The van der Waals surface area contributed by atoms with Crippen LogP contribution in [0.4, 0.5) is 5.69 Å². The van der Waals surface area contributed by atoms with E-state index in [0.717, 1.165) is 15.7 Å². The van der Waals surface area contributed by atoms with E-state index in [4.69, 9.17) is 12.6 Å². The first-order chi connectivity index (χ1) is 20.5. The fourth-order valence-electron chi connectivity index (χ4n) is 4.63. The quantitative estimate of drug-likeness (QED) is 0.170. The molecule has 5 N–H and O–H groups in total. The minimum atomic E-state index is -1.50. The molecule has 0 aromatic heterocycles. The molecule has 4 aromatic rings. The van der Waals surface area contributed by atoms with Gasteiger partial charge in [-0.15, -0.1) is 0 Å². The second-order valence-electron chi connectivity index (χ2n) is 9.75. The predicted octanol–water partition coefficient (Wildman–Crippen LogP) is 3.56. The Balaban J connectivity index is 1.84. The summed E-state index contributed by atoms with van der Waals surface area (Å²) in [6.07, 6.45) is 0. The van der Waals surface area contributed by atoms with E-state index >= 15 is 0 Å². The largest absolute Gasteiger partial charge is 0.480 e. The molecular weight excluding hydrogens is 534 g/mol. The molecule has 214 valence electrons. The number of nitrogen functional groups attached to an aromatic ring is 1. The van der Waals surface area contributed by atoms with Crippen LogP contribution in [0, 0.1) is 5.41 Å². The van der Waals surface area contributed by atoms with Crippen molar-refractivity contribution in [2.45, 2.75) is 19.0 Å². The average Bonchev–Trinajstić information content (AvgIpc) is 3.00. The number of carboxylic acid groups (broad SMARTS) is 1. The van der Waals surface area contributed by atoms with Crippen LogP contribution < -0.4 is 15.9 Å². The molecule has 0 radical (unpaired) electrons. The van der Waals surface area contributed by atoms with Gasteiger partial charge >= 0.3 is 5.97 Å². The van der Waals surface area contributed by atoms with Gasteiger partial charge in [0.2, 0.25) is 5.91 Å². The molecule has 0 aliphatic rings. The summed E-state index contributed by atoms with van der Waals surface area (Å²) >= 11 is 0. The van der Waals surface area contributed by atoms with Crippen LogP contribution in [-0.4, -0.2) is 59.2 Å². The van der Waals surface area contributed by atoms with Gasteiger partial charge in [0.25, 0.3) is 11.8 Å². The van der Waals surface area contributed by atoms with E-state index in [2.05, 4.69) is 0 Å². The Morgan fingerprint density at radius 2 is 1.52 bits per heavy atom. The highest BCUT2D eigenvalue weighted by Crippen LogP contribution is 2.28. The number of carboxylic acids is 1. The summed E-state index contributed by atoms with van der Waals surface area (Å²) in [5.74, 6) is -3.71. The van der Waals surface area contributed by atoms with Gasteiger partial charge < -0.3 is 21.0 Å². The number of rotatable bonds is 10. The van der Waals surface area contributed by atoms with Crippen molar-refractivity contribution in [3.8, 4) is 0 Å². The highest BCUT2D eigenvalue weighted by atomic mass is 16.4. The third-order valence-corrected chi connectivity index (χ3v) is 6.76. The number of anilines is 1. The zero-order valence-electron chi connectivity index (χ0n) is 24.1. The van der Waals surface area contributed by atoms with Gasteiger partial charge in [0.05, 0.1) is 0 Å². The second-order valence-corrected chi connectivity index (χ2v) is 9.75. The van der Waals surface area contributed by atoms with Crippen molar-refractivity contribution in [2.75, 3.05) is 18.5 Å². The van der Waals surface area contributed by atoms with Crippen molar-refractivity contribution < 1.29 is 25.7 Å². The Hall–Kier alpha value is -5.51. The first kappa shape index (κ1) is 28.0. The van der Waals surface area contributed by atoms with E-state index < -0.39 is 42.3 Å². The van der Waals surface area contributed by atoms with Crippen molar-refractivity contribution in [3.05, 3.63) is 114 Å². The van der Waals surface area contributed by atoms with E-state index in [1.54, 1.807) is 54.6 Å². The summed E-state index contributed by atoms with van der Waals surface area (Å²) in [6, 6.07) is 24.1. The number of benzene rings is 4.